The molecule has 4 heteroatoms. The van der Waals surface area contributed by atoms with Gasteiger partial charge in [0.15, 0.2) is 5.76 Å². The topological polar surface area (TPSA) is 42.2 Å². The van der Waals surface area contributed by atoms with Crippen LogP contribution in [0.2, 0.25) is 0 Å². The lowest BCUT2D eigenvalue weighted by Gasteiger charge is -1.92. The number of hydrogen-bond acceptors (Lipinski definition) is 2. The van der Waals surface area contributed by atoms with Crippen LogP contribution in [0.4, 0.5) is 0 Å². The van der Waals surface area contributed by atoms with Crippen LogP contribution in [0.5, 0.6) is 0 Å². The molecule has 1 aromatic rings. The fourth-order valence-electron chi connectivity index (χ4n) is 0.695. The average molecular weight is 174 g/mol. The van der Waals surface area contributed by atoms with Crippen molar-refractivity contribution in [2.24, 2.45) is 0 Å². The fourth-order valence-corrected chi connectivity index (χ4v) is 0.839. The zero-order valence-electron chi connectivity index (χ0n) is 6.06. The van der Waals surface area contributed by atoms with Crippen molar-refractivity contribution in [2.75, 3.05) is 7.05 Å². The Kier molecular flexibility index (Phi) is 2.54. The van der Waals surface area contributed by atoms with Crippen LogP contribution < -0.4 is 5.32 Å². The van der Waals surface area contributed by atoms with Crippen LogP contribution in [0.1, 0.15) is 16.3 Å². The quantitative estimate of drug-likeness (QED) is 0.687. The summed E-state index contributed by atoms with van der Waals surface area (Å²) in [4.78, 5) is 10.9. The summed E-state index contributed by atoms with van der Waals surface area (Å²) in [6.45, 7) is 0. The van der Waals surface area contributed by atoms with Crippen molar-refractivity contribution in [3.8, 4) is 0 Å². The highest BCUT2D eigenvalue weighted by Crippen LogP contribution is 2.09. The molecule has 1 N–H and O–H groups in total. The smallest absolute Gasteiger partial charge is 0.286 e. The van der Waals surface area contributed by atoms with E-state index in [1.165, 1.54) is 0 Å². The molecule has 60 valence electrons. The van der Waals surface area contributed by atoms with Crippen molar-refractivity contribution in [1.29, 1.82) is 0 Å². The van der Waals surface area contributed by atoms with Gasteiger partial charge in [0.05, 0.1) is 5.88 Å². The minimum Gasteiger partial charge on any atom is -0.455 e. The zero-order chi connectivity index (χ0) is 8.27. The van der Waals surface area contributed by atoms with Crippen molar-refractivity contribution >= 4 is 17.5 Å². The molecule has 0 aromatic carbocycles. The van der Waals surface area contributed by atoms with E-state index in [0.29, 0.717) is 11.5 Å². The van der Waals surface area contributed by atoms with Crippen LogP contribution in [0.15, 0.2) is 16.5 Å². The number of halogens is 1. The molecule has 0 saturated carbocycles. The van der Waals surface area contributed by atoms with Crippen molar-refractivity contribution < 1.29 is 9.21 Å². The normalized spacial score (nSPS) is 9.64. The third-order valence-electron chi connectivity index (χ3n) is 1.24. The summed E-state index contributed by atoms with van der Waals surface area (Å²) in [6, 6.07) is 3.27. The van der Waals surface area contributed by atoms with E-state index in [-0.39, 0.29) is 11.8 Å². The van der Waals surface area contributed by atoms with E-state index in [9.17, 15) is 4.79 Å². The highest BCUT2D eigenvalue weighted by molar-refractivity contribution is 6.16. The second-order valence-corrected chi connectivity index (χ2v) is 2.25. The van der Waals surface area contributed by atoms with Gasteiger partial charge < -0.3 is 9.73 Å². The largest absolute Gasteiger partial charge is 0.455 e. The molecule has 1 amide bonds. The van der Waals surface area contributed by atoms with E-state index >= 15 is 0 Å². The third-order valence-corrected chi connectivity index (χ3v) is 1.51. The maximum absolute atomic E-state index is 10.9. The number of carbonyl (C=O) groups excluding carboxylic acids is 1. The van der Waals surface area contributed by atoms with Gasteiger partial charge in [-0.2, -0.15) is 0 Å². The molecule has 1 aromatic heterocycles. The maximum Gasteiger partial charge on any atom is 0.286 e. The minimum absolute atomic E-state index is 0.235. The van der Waals surface area contributed by atoms with Crippen LogP contribution in [-0.4, -0.2) is 13.0 Å². The molecule has 0 aliphatic rings. The zero-order valence-corrected chi connectivity index (χ0v) is 6.81. The monoisotopic (exact) mass is 173 g/mol. The SMILES string of the molecule is CNC(=O)c1ccc(CCl)o1. The fraction of sp³-hybridized carbons (Fsp3) is 0.286. The Balaban J connectivity index is 2.80. The molecule has 3 nitrogen and oxygen atoms in total. The second kappa shape index (κ2) is 3.44. The predicted molar refractivity (Wildman–Crippen MR) is 41.7 cm³/mol. The lowest BCUT2D eigenvalue weighted by atomic mass is 10.4. The number of furan rings is 1. The van der Waals surface area contributed by atoms with E-state index in [1.807, 2.05) is 0 Å². The molecular weight excluding hydrogens is 166 g/mol. The maximum atomic E-state index is 10.9. The van der Waals surface area contributed by atoms with E-state index < -0.39 is 0 Å². The van der Waals surface area contributed by atoms with Gasteiger partial charge in [-0.15, -0.1) is 11.6 Å². The Morgan fingerprint density at radius 3 is 2.91 bits per heavy atom. The van der Waals surface area contributed by atoms with E-state index in [1.54, 1.807) is 19.2 Å². The highest BCUT2D eigenvalue weighted by Gasteiger charge is 2.07. The van der Waals surface area contributed by atoms with Crippen molar-refractivity contribution in [2.45, 2.75) is 5.88 Å². The summed E-state index contributed by atoms with van der Waals surface area (Å²) in [5.41, 5.74) is 0. The Bertz CT molecular complexity index is 257. The van der Waals surface area contributed by atoms with Crippen LogP contribution in [0, 0.1) is 0 Å². The Hall–Kier alpha value is -0.960. The van der Waals surface area contributed by atoms with Gasteiger partial charge in [0.2, 0.25) is 0 Å². The molecule has 1 rings (SSSR count). The molecule has 0 atom stereocenters. The lowest BCUT2D eigenvalue weighted by Crippen LogP contribution is -2.16. The van der Waals surface area contributed by atoms with Crippen LogP contribution in [0.25, 0.3) is 0 Å². The Morgan fingerprint density at radius 1 is 1.73 bits per heavy atom. The van der Waals surface area contributed by atoms with Gasteiger partial charge in [0.1, 0.15) is 5.76 Å². The third kappa shape index (κ3) is 1.74. The molecular formula is C7H8ClNO2. The molecule has 1 heterocycles. The Morgan fingerprint density at radius 2 is 2.45 bits per heavy atom. The number of hydrogen-bond donors (Lipinski definition) is 1. The van der Waals surface area contributed by atoms with Crippen LogP contribution in [0.3, 0.4) is 0 Å². The van der Waals surface area contributed by atoms with Crippen molar-refractivity contribution in [1.82, 2.24) is 5.32 Å². The minimum atomic E-state index is -0.235. The lowest BCUT2D eigenvalue weighted by molar-refractivity contribution is 0.0934. The summed E-state index contributed by atoms with van der Waals surface area (Å²) in [5, 5.41) is 2.44. The van der Waals surface area contributed by atoms with Crippen molar-refractivity contribution in [3.05, 3.63) is 23.7 Å². The van der Waals surface area contributed by atoms with Crippen molar-refractivity contribution in [3.63, 3.8) is 0 Å². The van der Waals surface area contributed by atoms with E-state index in [2.05, 4.69) is 5.32 Å². The predicted octanol–water partition coefficient (Wildman–Crippen LogP) is 1.38. The molecule has 0 spiro atoms. The van der Waals surface area contributed by atoms with Crippen LogP contribution >= 0.6 is 11.6 Å². The summed E-state index contributed by atoms with van der Waals surface area (Å²) in [6.07, 6.45) is 0. The first kappa shape index (κ1) is 8.14. The number of nitrogens with one attached hydrogen (secondary N) is 1. The van der Waals surface area contributed by atoms with Crippen LogP contribution in [-0.2, 0) is 5.88 Å². The van der Waals surface area contributed by atoms with Gasteiger partial charge in [0, 0.05) is 7.05 Å². The standard InChI is InChI=1S/C7H8ClNO2/c1-9-7(10)6-3-2-5(4-8)11-6/h2-3H,4H2,1H3,(H,9,10). The molecule has 0 radical (unpaired) electrons. The number of amides is 1. The van der Waals surface area contributed by atoms with Gasteiger partial charge in [-0.05, 0) is 12.1 Å². The summed E-state index contributed by atoms with van der Waals surface area (Å²) in [5.74, 6) is 0.951. The molecule has 0 bridgehead atoms. The van der Waals surface area contributed by atoms with Gasteiger partial charge in [-0.3, -0.25) is 4.79 Å². The number of rotatable bonds is 2. The summed E-state index contributed by atoms with van der Waals surface area (Å²) < 4.78 is 5.04. The first-order valence-electron chi connectivity index (χ1n) is 3.14. The molecule has 0 unspecified atom stereocenters. The summed E-state index contributed by atoms with van der Waals surface area (Å²) >= 11 is 5.46. The molecule has 0 aliphatic carbocycles. The van der Waals surface area contributed by atoms with Gasteiger partial charge in [0.25, 0.3) is 5.91 Å². The molecule has 0 fully saturated rings. The summed E-state index contributed by atoms with van der Waals surface area (Å²) in [7, 11) is 1.55. The average Bonchev–Trinajstić information content (AvgIpc) is 2.50. The first-order valence-corrected chi connectivity index (χ1v) is 3.68. The van der Waals surface area contributed by atoms with Gasteiger partial charge >= 0.3 is 0 Å². The molecule has 0 aliphatic heterocycles. The number of carbonyl (C=O) groups is 1. The second-order valence-electron chi connectivity index (χ2n) is 1.98. The molecule has 0 saturated heterocycles. The number of alkyl halides is 1. The van der Waals surface area contributed by atoms with E-state index in [0.717, 1.165) is 0 Å². The van der Waals surface area contributed by atoms with Gasteiger partial charge in [-0.25, -0.2) is 0 Å². The van der Waals surface area contributed by atoms with E-state index in [4.69, 9.17) is 16.0 Å². The highest BCUT2D eigenvalue weighted by atomic mass is 35.5. The molecule has 11 heavy (non-hydrogen) atoms. The first-order chi connectivity index (χ1) is 5.27. The van der Waals surface area contributed by atoms with Gasteiger partial charge in [-0.1, -0.05) is 0 Å². The Labute approximate surface area is 69.3 Å².